The number of piperidine rings is 1. The van der Waals surface area contributed by atoms with Gasteiger partial charge < -0.3 is 9.64 Å². The minimum Gasteiger partial charge on any atom is -0.487 e. The predicted molar refractivity (Wildman–Crippen MR) is 108 cm³/mol. The van der Waals surface area contributed by atoms with Gasteiger partial charge in [0, 0.05) is 18.0 Å². The lowest BCUT2D eigenvalue weighted by molar-refractivity contribution is 0.309. The molecule has 0 saturated carbocycles. The standard InChI is InChI=1S/C23H25FN2O/c1-2-20-7-3-4-15-26(20)22-14-11-18-6-5-8-21(23(18)25-22)27-16-17-9-12-19(24)13-10-17/h5-6,8-14,20H,2-4,7,15-16H2,1H3. The van der Waals surface area contributed by atoms with Crippen LogP contribution in [0.5, 0.6) is 5.75 Å². The van der Waals surface area contributed by atoms with Gasteiger partial charge in [0.2, 0.25) is 0 Å². The van der Waals surface area contributed by atoms with E-state index in [2.05, 4.69) is 30.0 Å². The fourth-order valence-electron chi connectivity index (χ4n) is 3.85. The summed E-state index contributed by atoms with van der Waals surface area (Å²) in [5, 5.41) is 1.07. The second-order valence-corrected chi connectivity index (χ2v) is 7.16. The second-order valence-electron chi connectivity index (χ2n) is 7.16. The zero-order valence-electron chi connectivity index (χ0n) is 15.7. The average molecular weight is 364 g/mol. The number of benzene rings is 2. The molecule has 1 atom stereocenters. The molecule has 0 radical (unpaired) electrons. The van der Waals surface area contributed by atoms with Crippen molar-refractivity contribution in [3.8, 4) is 5.75 Å². The Balaban J connectivity index is 1.61. The number of para-hydroxylation sites is 1. The van der Waals surface area contributed by atoms with E-state index < -0.39 is 0 Å². The molecule has 2 heterocycles. The number of halogens is 1. The molecule has 4 rings (SSSR count). The molecule has 0 amide bonds. The van der Waals surface area contributed by atoms with Crippen molar-refractivity contribution >= 4 is 16.7 Å². The van der Waals surface area contributed by atoms with Crippen molar-refractivity contribution in [2.75, 3.05) is 11.4 Å². The maximum Gasteiger partial charge on any atom is 0.146 e. The number of aromatic nitrogens is 1. The zero-order valence-corrected chi connectivity index (χ0v) is 15.7. The number of hydrogen-bond acceptors (Lipinski definition) is 3. The largest absolute Gasteiger partial charge is 0.487 e. The fourth-order valence-corrected chi connectivity index (χ4v) is 3.85. The van der Waals surface area contributed by atoms with E-state index >= 15 is 0 Å². The summed E-state index contributed by atoms with van der Waals surface area (Å²) in [4.78, 5) is 7.41. The fraction of sp³-hybridized carbons (Fsp3) is 0.348. The molecule has 0 bridgehead atoms. The topological polar surface area (TPSA) is 25.4 Å². The Bertz CT molecular complexity index is 910. The monoisotopic (exact) mass is 364 g/mol. The van der Waals surface area contributed by atoms with Gasteiger partial charge in [-0.15, -0.1) is 0 Å². The normalized spacial score (nSPS) is 17.3. The van der Waals surface area contributed by atoms with E-state index in [0.717, 1.165) is 41.0 Å². The van der Waals surface area contributed by atoms with Crippen LogP contribution < -0.4 is 9.64 Å². The summed E-state index contributed by atoms with van der Waals surface area (Å²) in [6.45, 7) is 3.71. The molecule has 1 aliphatic heterocycles. The van der Waals surface area contributed by atoms with Gasteiger partial charge in [-0.25, -0.2) is 9.37 Å². The number of ether oxygens (including phenoxy) is 1. The van der Waals surface area contributed by atoms with Crippen LogP contribution in [0.2, 0.25) is 0 Å². The highest BCUT2D eigenvalue weighted by molar-refractivity contribution is 5.86. The van der Waals surface area contributed by atoms with Crippen LogP contribution >= 0.6 is 0 Å². The van der Waals surface area contributed by atoms with Gasteiger partial charge in [-0.1, -0.05) is 31.2 Å². The van der Waals surface area contributed by atoms with E-state index in [4.69, 9.17) is 9.72 Å². The molecule has 3 nitrogen and oxygen atoms in total. The van der Waals surface area contributed by atoms with Crippen LogP contribution in [0.15, 0.2) is 54.6 Å². The van der Waals surface area contributed by atoms with Crippen molar-refractivity contribution in [2.45, 2.75) is 45.3 Å². The van der Waals surface area contributed by atoms with Gasteiger partial charge in [0.05, 0.1) is 0 Å². The highest BCUT2D eigenvalue weighted by atomic mass is 19.1. The minimum absolute atomic E-state index is 0.234. The smallest absolute Gasteiger partial charge is 0.146 e. The summed E-state index contributed by atoms with van der Waals surface area (Å²) in [5.74, 6) is 1.57. The number of fused-ring (bicyclic) bond motifs is 1. The molecular formula is C23H25FN2O. The molecule has 0 N–H and O–H groups in total. The van der Waals surface area contributed by atoms with Crippen molar-refractivity contribution in [1.29, 1.82) is 0 Å². The molecule has 4 heteroatoms. The van der Waals surface area contributed by atoms with Crippen LogP contribution in [0, 0.1) is 5.82 Å². The highest BCUT2D eigenvalue weighted by Crippen LogP contribution is 2.30. The summed E-state index contributed by atoms with van der Waals surface area (Å²) in [6.07, 6.45) is 4.90. The van der Waals surface area contributed by atoms with Crippen molar-refractivity contribution in [1.82, 2.24) is 4.98 Å². The van der Waals surface area contributed by atoms with Crippen LogP contribution in [0.3, 0.4) is 0 Å². The molecule has 0 spiro atoms. The molecule has 140 valence electrons. The van der Waals surface area contributed by atoms with E-state index in [9.17, 15) is 4.39 Å². The Labute approximate surface area is 159 Å². The van der Waals surface area contributed by atoms with Gasteiger partial charge >= 0.3 is 0 Å². The Morgan fingerprint density at radius 3 is 2.74 bits per heavy atom. The van der Waals surface area contributed by atoms with Crippen LogP contribution in [0.4, 0.5) is 10.2 Å². The Morgan fingerprint density at radius 2 is 1.93 bits per heavy atom. The highest BCUT2D eigenvalue weighted by Gasteiger charge is 2.22. The van der Waals surface area contributed by atoms with Gasteiger partial charge in [0.15, 0.2) is 0 Å². The molecule has 0 aliphatic carbocycles. The second kappa shape index (κ2) is 7.95. The lowest BCUT2D eigenvalue weighted by atomic mass is 10.00. The zero-order chi connectivity index (χ0) is 18.6. The molecule has 1 aromatic heterocycles. The average Bonchev–Trinajstić information content (AvgIpc) is 2.73. The van der Waals surface area contributed by atoms with Crippen molar-refractivity contribution in [3.05, 3.63) is 66.0 Å². The van der Waals surface area contributed by atoms with Crippen LogP contribution in [0.1, 0.15) is 38.2 Å². The Kier molecular flexibility index (Phi) is 5.23. The first kappa shape index (κ1) is 17.8. The van der Waals surface area contributed by atoms with Gasteiger partial charge in [-0.3, -0.25) is 0 Å². The maximum absolute atomic E-state index is 13.1. The van der Waals surface area contributed by atoms with Gasteiger partial charge in [0.25, 0.3) is 0 Å². The molecular weight excluding hydrogens is 339 g/mol. The van der Waals surface area contributed by atoms with E-state index in [0.29, 0.717) is 12.6 Å². The first-order chi connectivity index (χ1) is 13.2. The quantitative estimate of drug-likeness (QED) is 0.579. The summed E-state index contributed by atoms with van der Waals surface area (Å²) in [7, 11) is 0. The Morgan fingerprint density at radius 1 is 1.07 bits per heavy atom. The van der Waals surface area contributed by atoms with Gasteiger partial charge in [-0.2, -0.15) is 0 Å². The van der Waals surface area contributed by atoms with Crippen molar-refractivity contribution in [3.63, 3.8) is 0 Å². The number of pyridine rings is 1. The van der Waals surface area contributed by atoms with E-state index in [1.165, 1.54) is 31.4 Å². The number of rotatable bonds is 5. The SMILES string of the molecule is CCC1CCCCN1c1ccc2cccc(OCc3ccc(F)cc3)c2n1. The first-order valence-electron chi connectivity index (χ1n) is 9.78. The number of hydrogen-bond donors (Lipinski definition) is 0. The van der Waals surface area contributed by atoms with Gasteiger partial charge in [0.1, 0.15) is 29.5 Å². The molecule has 1 aliphatic rings. The third-order valence-corrected chi connectivity index (χ3v) is 5.37. The summed E-state index contributed by atoms with van der Waals surface area (Å²) < 4.78 is 19.1. The lowest BCUT2D eigenvalue weighted by Gasteiger charge is -2.36. The minimum atomic E-state index is -0.234. The molecule has 3 aromatic rings. The molecule has 27 heavy (non-hydrogen) atoms. The van der Waals surface area contributed by atoms with E-state index in [1.54, 1.807) is 12.1 Å². The molecule has 1 unspecified atom stereocenters. The molecule has 1 saturated heterocycles. The summed E-state index contributed by atoms with van der Waals surface area (Å²) in [5.41, 5.74) is 1.82. The molecule has 1 fully saturated rings. The van der Waals surface area contributed by atoms with Gasteiger partial charge in [-0.05, 0) is 61.6 Å². The Hall–Kier alpha value is -2.62. The van der Waals surface area contributed by atoms with E-state index in [1.807, 2.05) is 12.1 Å². The maximum atomic E-state index is 13.1. The third kappa shape index (κ3) is 3.90. The molecule has 2 aromatic carbocycles. The first-order valence-corrected chi connectivity index (χ1v) is 9.78. The van der Waals surface area contributed by atoms with Crippen LogP contribution in [-0.4, -0.2) is 17.6 Å². The summed E-state index contributed by atoms with van der Waals surface area (Å²) in [6, 6.07) is 17.2. The van der Waals surface area contributed by atoms with Crippen LogP contribution in [0.25, 0.3) is 10.9 Å². The van der Waals surface area contributed by atoms with Crippen molar-refractivity contribution < 1.29 is 9.13 Å². The van der Waals surface area contributed by atoms with Crippen molar-refractivity contribution in [2.24, 2.45) is 0 Å². The lowest BCUT2D eigenvalue weighted by Crippen LogP contribution is -2.39. The predicted octanol–water partition coefficient (Wildman–Crippen LogP) is 5.72. The number of nitrogens with zero attached hydrogens (tertiary/aromatic N) is 2. The summed E-state index contributed by atoms with van der Waals surface area (Å²) >= 11 is 0. The third-order valence-electron chi connectivity index (χ3n) is 5.37. The number of anilines is 1. The van der Waals surface area contributed by atoms with E-state index in [-0.39, 0.29) is 5.82 Å². The van der Waals surface area contributed by atoms with Crippen LogP contribution in [-0.2, 0) is 6.61 Å².